The molecular weight excluding hydrogens is 174 g/mol. The number of rotatable bonds is 3. The highest BCUT2D eigenvalue weighted by Gasteiger charge is 2.32. The van der Waals surface area contributed by atoms with Gasteiger partial charge >= 0.3 is 0 Å². The van der Waals surface area contributed by atoms with Gasteiger partial charge in [0, 0.05) is 5.54 Å². The zero-order valence-electron chi connectivity index (χ0n) is 10.0. The van der Waals surface area contributed by atoms with Crippen LogP contribution in [0.1, 0.15) is 53.4 Å². The minimum atomic E-state index is -0.379. The molecule has 2 heteroatoms. The number of nitrogens with one attached hydrogen (secondary N) is 1. The molecule has 1 rings (SSSR count). The van der Waals surface area contributed by atoms with Crippen molar-refractivity contribution in [2.45, 2.75) is 65.1 Å². The highest BCUT2D eigenvalue weighted by atomic mass is 16.3. The Hall–Kier alpha value is -0.0800. The molecule has 1 fully saturated rings. The second kappa shape index (κ2) is 4.63. The summed E-state index contributed by atoms with van der Waals surface area (Å²) in [5.74, 6) is 1.70. The van der Waals surface area contributed by atoms with Crippen LogP contribution < -0.4 is 5.32 Å². The van der Waals surface area contributed by atoms with Gasteiger partial charge in [-0.2, -0.15) is 0 Å². The molecule has 1 unspecified atom stereocenters. The summed E-state index contributed by atoms with van der Waals surface area (Å²) in [5, 5.41) is 12.6. The molecule has 2 nitrogen and oxygen atoms in total. The van der Waals surface area contributed by atoms with Crippen LogP contribution in [0, 0.1) is 11.8 Å². The van der Waals surface area contributed by atoms with E-state index in [-0.39, 0.29) is 11.8 Å². The van der Waals surface area contributed by atoms with Crippen molar-refractivity contribution in [3.8, 4) is 0 Å². The fraction of sp³-hybridized carbons (Fsp3) is 1.00. The van der Waals surface area contributed by atoms with Gasteiger partial charge in [-0.3, -0.25) is 5.32 Å². The van der Waals surface area contributed by atoms with Crippen LogP contribution in [-0.4, -0.2) is 16.9 Å². The van der Waals surface area contributed by atoms with E-state index >= 15 is 0 Å². The Morgan fingerprint density at radius 2 is 1.71 bits per heavy atom. The number of hydrogen-bond donors (Lipinski definition) is 2. The Morgan fingerprint density at radius 3 is 2.07 bits per heavy atom. The highest BCUT2D eigenvalue weighted by molar-refractivity contribution is 4.89. The van der Waals surface area contributed by atoms with E-state index in [1.54, 1.807) is 6.92 Å². The van der Waals surface area contributed by atoms with Gasteiger partial charge in [-0.25, -0.2) is 0 Å². The first kappa shape index (κ1) is 12.0. The summed E-state index contributed by atoms with van der Waals surface area (Å²) in [7, 11) is 0. The van der Waals surface area contributed by atoms with Crippen LogP contribution >= 0.6 is 0 Å². The molecule has 14 heavy (non-hydrogen) atoms. The monoisotopic (exact) mass is 199 g/mol. The lowest BCUT2D eigenvalue weighted by Gasteiger charge is -2.40. The molecule has 0 aromatic rings. The van der Waals surface area contributed by atoms with Crippen molar-refractivity contribution < 1.29 is 5.11 Å². The van der Waals surface area contributed by atoms with Crippen molar-refractivity contribution in [1.29, 1.82) is 0 Å². The largest absolute Gasteiger partial charge is 0.379 e. The van der Waals surface area contributed by atoms with Gasteiger partial charge < -0.3 is 5.11 Å². The van der Waals surface area contributed by atoms with Crippen LogP contribution in [0.15, 0.2) is 0 Å². The summed E-state index contributed by atoms with van der Waals surface area (Å²) < 4.78 is 0. The van der Waals surface area contributed by atoms with Gasteiger partial charge in [0.1, 0.15) is 6.23 Å². The maximum absolute atomic E-state index is 9.33. The van der Waals surface area contributed by atoms with E-state index in [4.69, 9.17) is 0 Å². The molecule has 1 aliphatic rings. The van der Waals surface area contributed by atoms with Crippen LogP contribution in [0.5, 0.6) is 0 Å². The highest BCUT2D eigenvalue weighted by Crippen LogP contribution is 2.35. The van der Waals surface area contributed by atoms with Gasteiger partial charge in [-0.1, -0.05) is 13.8 Å². The van der Waals surface area contributed by atoms with Gasteiger partial charge in [0.25, 0.3) is 0 Å². The average Bonchev–Trinajstić information content (AvgIpc) is 2.02. The Labute approximate surface area is 88.1 Å². The van der Waals surface area contributed by atoms with Crippen molar-refractivity contribution in [3.63, 3.8) is 0 Å². The van der Waals surface area contributed by atoms with Crippen molar-refractivity contribution in [1.82, 2.24) is 5.32 Å². The average molecular weight is 199 g/mol. The number of aliphatic hydroxyl groups is 1. The van der Waals surface area contributed by atoms with Crippen LogP contribution in [0.2, 0.25) is 0 Å². The third kappa shape index (κ3) is 3.25. The minimum Gasteiger partial charge on any atom is -0.379 e. The summed E-state index contributed by atoms with van der Waals surface area (Å²) in [6.07, 6.45) is 4.61. The van der Waals surface area contributed by atoms with Crippen LogP contribution in [0.4, 0.5) is 0 Å². The quantitative estimate of drug-likeness (QED) is 0.685. The maximum Gasteiger partial charge on any atom is 0.102 e. The van der Waals surface area contributed by atoms with Crippen LogP contribution in [0.3, 0.4) is 0 Å². The van der Waals surface area contributed by atoms with Crippen molar-refractivity contribution >= 4 is 0 Å². The first-order chi connectivity index (χ1) is 6.43. The van der Waals surface area contributed by atoms with E-state index in [2.05, 4.69) is 26.1 Å². The normalized spacial score (nSPS) is 36.0. The third-order valence-electron chi connectivity index (χ3n) is 3.63. The maximum atomic E-state index is 9.33. The van der Waals surface area contributed by atoms with Crippen molar-refractivity contribution in [3.05, 3.63) is 0 Å². The van der Waals surface area contributed by atoms with Gasteiger partial charge in [-0.15, -0.1) is 0 Å². The first-order valence-electron chi connectivity index (χ1n) is 5.89. The molecule has 1 saturated carbocycles. The SMILES string of the molecule is CC(O)N[C@]1(C)CC[C@H](C(C)C)CC1. The van der Waals surface area contributed by atoms with E-state index in [0.29, 0.717) is 0 Å². The Bertz CT molecular complexity index is 169. The molecule has 2 N–H and O–H groups in total. The minimum absolute atomic E-state index is 0.166. The van der Waals surface area contributed by atoms with E-state index in [1.165, 1.54) is 25.7 Å². The smallest absolute Gasteiger partial charge is 0.102 e. The van der Waals surface area contributed by atoms with Gasteiger partial charge in [-0.05, 0) is 51.4 Å². The molecule has 1 aliphatic carbocycles. The molecule has 0 amide bonds. The summed E-state index contributed by atoms with van der Waals surface area (Å²) in [6, 6.07) is 0. The number of aliphatic hydroxyl groups excluding tert-OH is 1. The predicted molar refractivity (Wildman–Crippen MR) is 60.0 cm³/mol. The van der Waals surface area contributed by atoms with E-state index in [1.807, 2.05) is 0 Å². The molecule has 84 valence electrons. The van der Waals surface area contributed by atoms with E-state index in [0.717, 1.165) is 11.8 Å². The molecule has 0 aliphatic heterocycles. The molecule has 0 bridgehead atoms. The predicted octanol–water partition coefficient (Wildman–Crippen LogP) is 2.52. The third-order valence-corrected chi connectivity index (χ3v) is 3.63. The topological polar surface area (TPSA) is 32.3 Å². The zero-order chi connectivity index (χ0) is 10.8. The van der Waals surface area contributed by atoms with Crippen LogP contribution in [0.25, 0.3) is 0 Å². The Morgan fingerprint density at radius 1 is 1.21 bits per heavy atom. The van der Waals surface area contributed by atoms with E-state index < -0.39 is 0 Å². The lowest BCUT2D eigenvalue weighted by atomic mass is 9.73. The van der Waals surface area contributed by atoms with Gasteiger partial charge in [0.15, 0.2) is 0 Å². The summed E-state index contributed by atoms with van der Waals surface area (Å²) >= 11 is 0. The summed E-state index contributed by atoms with van der Waals surface area (Å²) in [4.78, 5) is 0. The second-order valence-corrected chi connectivity index (χ2v) is 5.46. The lowest BCUT2D eigenvalue weighted by molar-refractivity contribution is 0.0786. The lowest BCUT2D eigenvalue weighted by Crippen LogP contribution is -2.49. The van der Waals surface area contributed by atoms with Crippen molar-refractivity contribution in [2.24, 2.45) is 11.8 Å². The van der Waals surface area contributed by atoms with Crippen molar-refractivity contribution in [2.75, 3.05) is 0 Å². The Kier molecular flexibility index (Phi) is 3.96. The molecule has 0 aromatic carbocycles. The molecular formula is C12H25NO. The zero-order valence-corrected chi connectivity index (χ0v) is 10.0. The fourth-order valence-electron chi connectivity index (χ4n) is 2.59. The molecule has 1 atom stereocenters. The molecule has 0 aromatic heterocycles. The number of hydrogen-bond acceptors (Lipinski definition) is 2. The molecule has 0 radical (unpaired) electrons. The van der Waals surface area contributed by atoms with E-state index in [9.17, 15) is 5.11 Å². The molecule has 0 saturated heterocycles. The van der Waals surface area contributed by atoms with Gasteiger partial charge in [0.05, 0.1) is 0 Å². The molecule has 0 heterocycles. The Balaban J connectivity index is 2.41. The standard InChI is InChI=1S/C12H25NO/c1-9(2)11-5-7-12(4,8-6-11)13-10(3)14/h9-11,13-14H,5-8H2,1-4H3/t10?,11-,12+. The molecule has 0 spiro atoms. The first-order valence-corrected chi connectivity index (χ1v) is 5.89. The van der Waals surface area contributed by atoms with Gasteiger partial charge in [0.2, 0.25) is 0 Å². The summed E-state index contributed by atoms with van der Waals surface area (Å²) in [6.45, 7) is 8.67. The second-order valence-electron chi connectivity index (χ2n) is 5.46. The van der Waals surface area contributed by atoms with Crippen LogP contribution in [-0.2, 0) is 0 Å². The fourth-order valence-corrected chi connectivity index (χ4v) is 2.59. The summed E-state index contributed by atoms with van der Waals surface area (Å²) in [5.41, 5.74) is 0.166.